The summed E-state index contributed by atoms with van der Waals surface area (Å²) in [4.78, 5) is 25.6. The molecule has 4 saturated carbocycles. The van der Waals surface area contributed by atoms with E-state index in [0.29, 0.717) is 23.7 Å². The Morgan fingerprint density at radius 2 is 0.865 bits per heavy atom. The second-order valence-corrected chi connectivity index (χ2v) is 14.6. The van der Waals surface area contributed by atoms with Crippen molar-refractivity contribution in [1.29, 1.82) is 0 Å². The molecule has 0 heterocycles. The van der Waals surface area contributed by atoms with E-state index in [9.17, 15) is 9.59 Å². The molecular weight excluding hydrogens is 460 g/mol. The molecule has 6 unspecified atom stereocenters. The van der Waals surface area contributed by atoms with Crippen LogP contribution in [0, 0.1) is 52.8 Å². The highest BCUT2D eigenvalue weighted by atomic mass is 16.5. The van der Waals surface area contributed by atoms with Gasteiger partial charge in [-0.15, -0.1) is 0 Å². The molecule has 0 bridgehead atoms. The van der Waals surface area contributed by atoms with Crippen molar-refractivity contribution < 1.29 is 19.1 Å². The first kappa shape index (κ1) is 28.9. The Bertz CT molecular complexity index is 696. The number of hydrogen-bond acceptors (Lipinski definition) is 4. The maximum atomic E-state index is 12.8. The summed E-state index contributed by atoms with van der Waals surface area (Å²) < 4.78 is 12.1. The largest absolute Gasteiger partial charge is 0.462 e. The van der Waals surface area contributed by atoms with Gasteiger partial charge in [0.15, 0.2) is 0 Å². The van der Waals surface area contributed by atoms with Crippen molar-refractivity contribution in [2.45, 2.75) is 144 Å². The Morgan fingerprint density at radius 1 is 0.514 bits per heavy atom. The van der Waals surface area contributed by atoms with Crippen LogP contribution in [0.1, 0.15) is 131 Å². The van der Waals surface area contributed by atoms with Crippen molar-refractivity contribution >= 4 is 11.9 Å². The molecule has 4 heteroatoms. The summed E-state index contributed by atoms with van der Waals surface area (Å²) >= 11 is 0. The molecule has 0 aromatic heterocycles. The number of carbonyl (C=O) groups is 2. The fourth-order valence-corrected chi connectivity index (χ4v) is 8.23. The molecule has 0 saturated heterocycles. The lowest BCUT2D eigenvalue weighted by atomic mass is 9.60. The SMILES string of the molecule is CC1CCC(C(=O)OC2CCC(C(C)(C)C3CCC(OC(=O)C4CCC(C)C(C)C4)CC3)CC2)CC1C. The van der Waals surface area contributed by atoms with Crippen molar-refractivity contribution in [3.63, 3.8) is 0 Å². The predicted molar refractivity (Wildman–Crippen MR) is 149 cm³/mol. The molecule has 4 aliphatic carbocycles. The van der Waals surface area contributed by atoms with Gasteiger partial charge in [-0.1, -0.05) is 41.5 Å². The molecule has 0 spiro atoms. The molecule has 0 radical (unpaired) electrons. The Hall–Kier alpha value is -1.06. The van der Waals surface area contributed by atoms with Crippen molar-refractivity contribution in [3.05, 3.63) is 0 Å². The summed E-state index contributed by atoms with van der Waals surface area (Å²) in [5.74, 6) is 4.48. The van der Waals surface area contributed by atoms with Crippen LogP contribution in [0.5, 0.6) is 0 Å². The third-order valence-electron chi connectivity index (χ3n) is 11.9. The molecule has 4 nitrogen and oxygen atoms in total. The average Bonchev–Trinajstić information content (AvgIpc) is 2.88. The summed E-state index contributed by atoms with van der Waals surface area (Å²) in [5, 5.41) is 0. The van der Waals surface area contributed by atoms with Gasteiger partial charge in [0.2, 0.25) is 0 Å². The Balaban J connectivity index is 1.18. The molecule has 212 valence electrons. The van der Waals surface area contributed by atoms with Crippen LogP contribution in [0.25, 0.3) is 0 Å². The van der Waals surface area contributed by atoms with E-state index >= 15 is 0 Å². The highest BCUT2D eigenvalue weighted by Gasteiger charge is 2.42. The van der Waals surface area contributed by atoms with Crippen LogP contribution in [0.4, 0.5) is 0 Å². The van der Waals surface area contributed by atoms with Gasteiger partial charge in [-0.3, -0.25) is 9.59 Å². The topological polar surface area (TPSA) is 52.6 Å². The van der Waals surface area contributed by atoms with Gasteiger partial charge in [0, 0.05) is 0 Å². The monoisotopic (exact) mass is 516 g/mol. The Kier molecular flexibility index (Phi) is 9.71. The molecule has 0 N–H and O–H groups in total. The number of esters is 2. The first-order valence-electron chi connectivity index (χ1n) is 16.0. The molecule has 37 heavy (non-hydrogen) atoms. The number of hydrogen-bond donors (Lipinski definition) is 0. The molecule has 6 atom stereocenters. The minimum absolute atomic E-state index is 0.0755. The first-order valence-corrected chi connectivity index (χ1v) is 16.0. The van der Waals surface area contributed by atoms with Crippen LogP contribution in [-0.4, -0.2) is 24.1 Å². The molecule has 0 aliphatic heterocycles. The minimum atomic E-state index is 0.0755. The van der Waals surface area contributed by atoms with Crippen LogP contribution in [0.3, 0.4) is 0 Å². The summed E-state index contributed by atoms with van der Waals surface area (Å²) in [6.45, 7) is 14.1. The maximum Gasteiger partial charge on any atom is 0.309 e. The van der Waals surface area contributed by atoms with Gasteiger partial charge in [0.05, 0.1) is 11.8 Å². The quantitative estimate of drug-likeness (QED) is 0.333. The third kappa shape index (κ3) is 7.13. The van der Waals surface area contributed by atoms with Gasteiger partial charge in [-0.05, 0) is 131 Å². The second kappa shape index (κ2) is 12.4. The fraction of sp³-hybridized carbons (Fsp3) is 0.939. The molecule has 0 amide bonds. The highest BCUT2D eigenvalue weighted by molar-refractivity contribution is 5.73. The van der Waals surface area contributed by atoms with E-state index in [1.165, 1.54) is 0 Å². The lowest BCUT2D eigenvalue weighted by Crippen LogP contribution is -2.40. The summed E-state index contributed by atoms with van der Waals surface area (Å²) in [6.07, 6.45) is 15.3. The first-order chi connectivity index (χ1) is 17.5. The van der Waals surface area contributed by atoms with Gasteiger partial charge in [0.1, 0.15) is 12.2 Å². The van der Waals surface area contributed by atoms with Gasteiger partial charge >= 0.3 is 11.9 Å². The lowest BCUT2D eigenvalue weighted by molar-refractivity contribution is -0.159. The van der Waals surface area contributed by atoms with Gasteiger partial charge in [-0.25, -0.2) is 0 Å². The molecular formula is C33H56O4. The van der Waals surface area contributed by atoms with Crippen molar-refractivity contribution in [2.24, 2.45) is 52.8 Å². The van der Waals surface area contributed by atoms with E-state index in [0.717, 1.165) is 102 Å². The van der Waals surface area contributed by atoms with Gasteiger partial charge in [0.25, 0.3) is 0 Å². The third-order valence-corrected chi connectivity index (χ3v) is 11.9. The molecule has 4 rings (SSSR count). The summed E-state index contributed by atoms with van der Waals surface area (Å²) in [7, 11) is 0. The molecule has 4 fully saturated rings. The maximum absolute atomic E-state index is 12.8. The van der Waals surface area contributed by atoms with Crippen LogP contribution in [0.2, 0.25) is 0 Å². The average molecular weight is 517 g/mol. The Morgan fingerprint density at radius 3 is 1.19 bits per heavy atom. The zero-order chi connectivity index (χ0) is 26.7. The van der Waals surface area contributed by atoms with E-state index in [1.807, 2.05) is 0 Å². The zero-order valence-electron chi connectivity index (χ0n) is 24.8. The van der Waals surface area contributed by atoms with Crippen LogP contribution in [-0.2, 0) is 19.1 Å². The van der Waals surface area contributed by atoms with E-state index in [2.05, 4.69) is 41.5 Å². The number of ether oxygens (including phenoxy) is 2. The second-order valence-electron chi connectivity index (χ2n) is 14.6. The van der Waals surface area contributed by atoms with Crippen LogP contribution >= 0.6 is 0 Å². The molecule has 4 aliphatic rings. The lowest BCUT2D eigenvalue weighted by Gasteiger charge is -2.46. The summed E-state index contributed by atoms with van der Waals surface area (Å²) in [5.41, 5.74) is 0.286. The predicted octanol–water partition coefficient (Wildman–Crippen LogP) is 8.36. The van der Waals surface area contributed by atoms with E-state index in [-0.39, 0.29) is 41.4 Å². The van der Waals surface area contributed by atoms with Crippen LogP contribution < -0.4 is 0 Å². The van der Waals surface area contributed by atoms with Gasteiger partial charge < -0.3 is 9.47 Å². The van der Waals surface area contributed by atoms with Crippen molar-refractivity contribution in [3.8, 4) is 0 Å². The van der Waals surface area contributed by atoms with E-state index in [4.69, 9.17) is 9.47 Å². The van der Waals surface area contributed by atoms with E-state index in [1.54, 1.807) is 0 Å². The minimum Gasteiger partial charge on any atom is -0.462 e. The smallest absolute Gasteiger partial charge is 0.309 e. The zero-order valence-corrected chi connectivity index (χ0v) is 24.8. The summed E-state index contributed by atoms with van der Waals surface area (Å²) in [6, 6.07) is 0. The Labute approximate surface area is 227 Å². The van der Waals surface area contributed by atoms with Crippen LogP contribution in [0.15, 0.2) is 0 Å². The van der Waals surface area contributed by atoms with Gasteiger partial charge in [-0.2, -0.15) is 0 Å². The molecule has 0 aromatic rings. The number of carbonyl (C=O) groups excluding carboxylic acids is 2. The number of rotatable bonds is 6. The fourth-order valence-electron chi connectivity index (χ4n) is 8.23. The standard InChI is InChI=1S/C33H56O4/c1-21-7-9-25(19-23(21)3)31(34)36-29-15-11-27(12-16-29)33(5,6)28-13-17-30(18-14-28)37-32(35)26-10-8-22(2)24(4)20-26/h21-30H,7-20H2,1-6H3. The van der Waals surface area contributed by atoms with Crippen molar-refractivity contribution in [2.75, 3.05) is 0 Å². The normalized spacial score (nSPS) is 41.6. The highest BCUT2D eigenvalue weighted by Crippen LogP contribution is 2.49. The molecule has 0 aromatic carbocycles. The van der Waals surface area contributed by atoms with E-state index < -0.39 is 0 Å². The van der Waals surface area contributed by atoms with Crippen molar-refractivity contribution in [1.82, 2.24) is 0 Å².